The quantitative estimate of drug-likeness (QED) is 0.770. The number of hydrogen-bond acceptors (Lipinski definition) is 2. The summed E-state index contributed by atoms with van der Waals surface area (Å²) in [5.74, 6) is 0.965. The van der Waals surface area contributed by atoms with Crippen LogP contribution in [0.25, 0.3) is 0 Å². The van der Waals surface area contributed by atoms with Crippen LogP contribution in [0.5, 0.6) is 5.75 Å². The highest BCUT2D eigenvalue weighted by molar-refractivity contribution is 14.1. The van der Waals surface area contributed by atoms with E-state index in [1.54, 1.807) is 0 Å². The van der Waals surface area contributed by atoms with E-state index in [-0.39, 0.29) is 0 Å². The summed E-state index contributed by atoms with van der Waals surface area (Å²) in [6, 6.07) is 8.21. The van der Waals surface area contributed by atoms with Crippen LogP contribution < -0.4 is 4.74 Å². The van der Waals surface area contributed by atoms with Crippen molar-refractivity contribution in [3.05, 3.63) is 27.8 Å². The van der Waals surface area contributed by atoms with Crippen molar-refractivity contribution in [1.82, 2.24) is 0 Å². The second kappa shape index (κ2) is 5.36. The van der Waals surface area contributed by atoms with Gasteiger partial charge in [-0.2, -0.15) is 0 Å². The maximum Gasteiger partial charge on any atom is 0.119 e. The predicted octanol–water partition coefficient (Wildman–Crippen LogP) is 3.63. The van der Waals surface area contributed by atoms with Crippen LogP contribution in [0, 0.1) is 3.57 Å². The molecule has 0 aliphatic carbocycles. The van der Waals surface area contributed by atoms with Crippen LogP contribution in [0.2, 0.25) is 0 Å². The van der Waals surface area contributed by atoms with Gasteiger partial charge in [0.1, 0.15) is 11.9 Å². The molecule has 0 spiro atoms. The van der Waals surface area contributed by atoms with Gasteiger partial charge >= 0.3 is 0 Å². The van der Waals surface area contributed by atoms with Crippen molar-refractivity contribution in [1.29, 1.82) is 0 Å². The summed E-state index contributed by atoms with van der Waals surface area (Å²) in [6.45, 7) is 4.22. The first kappa shape index (κ1) is 12.2. The number of hydrogen-bond donors (Lipinski definition) is 0. The van der Waals surface area contributed by atoms with Gasteiger partial charge in [0.15, 0.2) is 0 Å². The predicted molar refractivity (Wildman–Crippen MR) is 72.8 cm³/mol. The van der Waals surface area contributed by atoms with E-state index in [1.807, 2.05) is 12.1 Å². The summed E-state index contributed by atoms with van der Waals surface area (Å²) < 4.78 is 12.9. The molecule has 0 aromatic heterocycles. The summed E-state index contributed by atoms with van der Waals surface area (Å²) in [5, 5.41) is 0. The molecule has 16 heavy (non-hydrogen) atoms. The second-order valence-electron chi connectivity index (χ2n) is 4.42. The molecule has 0 N–H and O–H groups in total. The largest absolute Gasteiger partial charge is 0.490 e. The van der Waals surface area contributed by atoms with E-state index in [1.165, 1.54) is 3.57 Å². The highest BCUT2D eigenvalue weighted by Gasteiger charge is 2.25. The molecule has 1 heterocycles. The Bertz CT molecular complexity index is 326. The monoisotopic (exact) mass is 332 g/mol. The van der Waals surface area contributed by atoms with E-state index in [9.17, 15) is 0 Å². The normalized spacial score (nSPS) is 30.1. The third kappa shape index (κ3) is 3.35. The minimum atomic E-state index is 0.291. The van der Waals surface area contributed by atoms with E-state index < -0.39 is 0 Å². The van der Waals surface area contributed by atoms with Crippen molar-refractivity contribution >= 4 is 22.6 Å². The van der Waals surface area contributed by atoms with Gasteiger partial charge in [0.2, 0.25) is 0 Å². The molecular formula is C13H17IO2. The Hall–Kier alpha value is -0.290. The molecule has 0 unspecified atom stereocenters. The van der Waals surface area contributed by atoms with Crippen molar-refractivity contribution in [2.45, 2.75) is 45.0 Å². The smallest absolute Gasteiger partial charge is 0.119 e. The van der Waals surface area contributed by atoms with Crippen LogP contribution in [0.1, 0.15) is 26.7 Å². The zero-order valence-electron chi connectivity index (χ0n) is 9.65. The van der Waals surface area contributed by atoms with E-state index >= 15 is 0 Å². The molecule has 3 atom stereocenters. The SMILES string of the molecule is C[C@@H]1C[C@H](Oc2ccc(I)cc2)C[C@H](C)O1. The van der Waals surface area contributed by atoms with E-state index in [4.69, 9.17) is 9.47 Å². The summed E-state index contributed by atoms with van der Waals surface area (Å²) in [6.07, 6.45) is 2.86. The third-order valence-corrected chi connectivity index (χ3v) is 3.49. The second-order valence-corrected chi connectivity index (χ2v) is 5.67. The average molecular weight is 332 g/mol. The molecular weight excluding hydrogens is 315 g/mol. The maximum atomic E-state index is 5.97. The first-order chi connectivity index (χ1) is 7.63. The molecule has 2 nitrogen and oxygen atoms in total. The summed E-state index contributed by atoms with van der Waals surface area (Å²) in [4.78, 5) is 0. The zero-order valence-corrected chi connectivity index (χ0v) is 11.8. The highest BCUT2D eigenvalue weighted by atomic mass is 127. The first-order valence-electron chi connectivity index (χ1n) is 5.71. The van der Waals surface area contributed by atoms with Gasteiger partial charge in [0.25, 0.3) is 0 Å². The number of halogens is 1. The molecule has 88 valence electrons. The van der Waals surface area contributed by atoms with Crippen LogP contribution in [-0.2, 0) is 4.74 Å². The first-order valence-corrected chi connectivity index (χ1v) is 6.79. The van der Waals surface area contributed by atoms with Crippen molar-refractivity contribution < 1.29 is 9.47 Å². The summed E-state index contributed by atoms with van der Waals surface area (Å²) >= 11 is 2.30. The van der Waals surface area contributed by atoms with Crippen LogP contribution >= 0.6 is 22.6 Å². The lowest BCUT2D eigenvalue weighted by Crippen LogP contribution is -2.35. The molecule has 0 saturated carbocycles. The Balaban J connectivity index is 1.96. The van der Waals surface area contributed by atoms with Crippen molar-refractivity contribution in [3.8, 4) is 5.75 Å². The molecule has 3 heteroatoms. The lowest BCUT2D eigenvalue weighted by atomic mass is 10.0. The fourth-order valence-electron chi connectivity index (χ4n) is 2.15. The molecule has 0 radical (unpaired) electrons. The van der Waals surface area contributed by atoms with E-state index in [2.05, 4.69) is 48.6 Å². The van der Waals surface area contributed by atoms with Crippen molar-refractivity contribution in [2.75, 3.05) is 0 Å². The molecule has 1 aromatic carbocycles. The van der Waals surface area contributed by atoms with E-state index in [0.717, 1.165) is 18.6 Å². The number of rotatable bonds is 2. The molecule has 0 bridgehead atoms. The van der Waals surface area contributed by atoms with Gasteiger partial charge in [-0.3, -0.25) is 0 Å². The Kier molecular flexibility index (Phi) is 4.08. The minimum absolute atomic E-state index is 0.291. The summed E-state index contributed by atoms with van der Waals surface area (Å²) in [7, 11) is 0. The van der Waals surface area contributed by atoms with Gasteiger partial charge in [0.05, 0.1) is 12.2 Å². The van der Waals surface area contributed by atoms with E-state index in [0.29, 0.717) is 18.3 Å². The molecule has 1 fully saturated rings. The molecule has 1 saturated heterocycles. The minimum Gasteiger partial charge on any atom is -0.490 e. The standard InChI is InChI=1S/C13H17IO2/c1-9-7-13(8-10(2)15-9)16-12-5-3-11(14)4-6-12/h3-6,9-10,13H,7-8H2,1-2H3/t9-,10+,13+. The fraction of sp³-hybridized carbons (Fsp3) is 0.538. The third-order valence-electron chi connectivity index (χ3n) is 2.77. The molecule has 1 aliphatic rings. The summed E-state index contributed by atoms with van der Waals surface area (Å²) in [5.41, 5.74) is 0. The molecule has 1 aliphatic heterocycles. The van der Waals surface area contributed by atoms with Crippen LogP contribution in [0.3, 0.4) is 0 Å². The fourth-order valence-corrected chi connectivity index (χ4v) is 2.51. The average Bonchev–Trinajstić information content (AvgIpc) is 2.20. The highest BCUT2D eigenvalue weighted by Crippen LogP contribution is 2.24. The van der Waals surface area contributed by atoms with Crippen LogP contribution in [0.4, 0.5) is 0 Å². The molecule has 1 aromatic rings. The van der Waals surface area contributed by atoms with Crippen molar-refractivity contribution in [2.24, 2.45) is 0 Å². The van der Waals surface area contributed by atoms with Gasteiger partial charge in [-0.15, -0.1) is 0 Å². The number of ether oxygens (including phenoxy) is 2. The Morgan fingerprint density at radius 1 is 1.12 bits per heavy atom. The Morgan fingerprint density at radius 2 is 1.69 bits per heavy atom. The zero-order chi connectivity index (χ0) is 11.5. The van der Waals surface area contributed by atoms with Crippen molar-refractivity contribution in [3.63, 3.8) is 0 Å². The van der Waals surface area contributed by atoms with Gasteiger partial charge in [-0.25, -0.2) is 0 Å². The number of benzene rings is 1. The lowest BCUT2D eigenvalue weighted by molar-refractivity contribution is -0.0721. The Morgan fingerprint density at radius 3 is 2.25 bits per heavy atom. The molecule has 2 rings (SSSR count). The van der Waals surface area contributed by atoms with Gasteiger partial charge in [-0.1, -0.05) is 0 Å². The van der Waals surface area contributed by atoms with Gasteiger partial charge in [-0.05, 0) is 60.7 Å². The van der Waals surface area contributed by atoms with Gasteiger partial charge in [0, 0.05) is 16.4 Å². The lowest BCUT2D eigenvalue weighted by Gasteiger charge is -2.32. The van der Waals surface area contributed by atoms with Crippen LogP contribution in [-0.4, -0.2) is 18.3 Å². The molecule has 0 amide bonds. The maximum absolute atomic E-state index is 5.97. The topological polar surface area (TPSA) is 18.5 Å². The Labute approximate surface area is 110 Å². The van der Waals surface area contributed by atoms with Gasteiger partial charge < -0.3 is 9.47 Å². The van der Waals surface area contributed by atoms with Crippen LogP contribution in [0.15, 0.2) is 24.3 Å².